The van der Waals surface area contributed by atoms with Crippen molar-refractivity contribution < 1.29 is 9.59 Å². The number of aryl methyl sites for hydroxylation is 1. The minimum atomic E-state index is -0.144. The molecule has 2 amide bonds. The first-order chi connectivity index (χ1) is 12.6. The van der Waals surface area contributed by atoms with Crippen LogP contribution in [-0.2, 0) is 9.59 Å². The van der Waals surface area contributed by atoms with Crippen LogP contribution < -0.4 is 4.90 Å². The highest BCUT2D eigenvalue weighted by atomic mass is 79.9. The van der Waals surface area contributed by atoms with Crippen LogP contribution in [0.15, 0.2) is 53.0 Å². The van der Waals surface area contributed by atoms with Gasteiger partial charge in [0.1, 0.15) is 0 Å². The number of imide groups is 1. The first-order valence-corrected chi connectivity index (χ1v) is 10.0. The summed E-state index contributed by atoms with van der Waals surface area (Å²) in [5.74, 6) is 0.815. The number of benzene rings is 2. The predicted molar refractivity (Wildman–Crippen MR) is 104 cm³/mol. The number of nitrogens with zero attached hydrogens (tertiary/aromatic N) is 1. The third kappa shape index (κ3) is 2.18. The molecule has 0 unspecified atom stereocenters. The summed E-state index contributed by atoms with van der Waals surface area (Å²) in [6, 6.07) is 16.2. The molecule has 0 radical (unpaired) electrons. The van der Waals surface area contributed by atoms with Crippen LogP contribution >= 0.6 is 15.9 Å². The lowest BCUT2D eigenvalue weighted by Gasteiger charge is -2.28. The summed E-state index contributed by atoms with van der Waals surface area (Å²) < 4.78 is 0.960. The van der Waals surface area contributed by atoms with Crippen molar-refractivity contribution >= 4 is 33.4 Å². The third-order valence-corrected chi connectivity index (χ3v) is 7.14. The molecule has 3 nitrogen and oxygen atoms in total. The number of carbonyl (C=O) groups is 2. The third-order valence-electron chi connectivity index (χ3n) is 6.64. The Labute approximate surface area is 161 Å². The summed E-state index contributed by atoms with van der Waals surface area (Å²) >= 11 is 3.46. The number of hydrogen-bond acceptors (Lipinski definition) is 2. The first kappa shape index (κ1) is 16.2. The van der Waals surface area contributed by atoms with Crippen molar-refractivity contribution in [2.24, 2.45) is 23.7 Å². The molecular weight excluding hydrogens is 390 g/mol. The second kappa shape index (κ2) is 5.78. The van der Waals surface area contributed by atoms with Gasteiger partial charge in [-0.2, -0.15) is 0 Å². The number of halogens is 1. The van der Waals surface area contributed by atoms with Gasteiger partial charge in [-0.05, 0) is 66.8 Å². The first-order valence-electron chi connectivity index (χ1n) is 9.25. The maximum absolute atomic E-state index is 13.3. The molecule has 4 heteroatoms. The zero-order valence-corrected chi connectivity index (χ0v) is 16.1. The Bertz CT molecular complexity index is 910. The lowest BCUT2D eigenvalue weighted by Crippen LogP contribution is -2.33. The van der Waals surface area contributed by atoms with Gasteiger partial charge in [-0.15, -0.1) is 0 Å². The van der Waals surface area contributed by atoms with Gasteiger partial charge in [0.2, 0.25) is 11.8 Å². The van der Waals surface area contributed by atoms with E-state index in [1.807, 2.05) is 31.2 Å². The fourth-order valence-corrected chi connectivity index (χ4v) is 6.13. The predicted octanol–water partition coefficient (Wildman–Crippen LogP) is 4.69. The molecule has 2 aromatic rings. The number of fused-ring (bicyclic) bond motifs is 5. The molecule has 1 saturated heterocycles. The lowest BCUT2D eigenvalue weighted by atomic mass is 9.73. The van der Waals surface area contributed by atoms with E-state index in [0.717, 1.165) is 28.6 Å². The molecule has 1 aliphatic heterocycles. The highest BCUT2D eigenvalue weighted by molar-refractivity contribution is 9.10. The van der Waals surface area contributed by atoms with E-state index >= 15 is 0 Å². The highest BCUT2D eigenvalue weighted by Gasteiger charge is 2.64. The Balaban J connectivity index is 1.51. The van der Waals surface area contributed by atoms with Crippen LogP contribution in [-0.4, -0.2) is 11.8 Å². The summed E-state index contributed by atoms with van der Waals surface area (Å²) in [6.45, 7) is 1.95. The van der Waals surface area contributed by atoms with Crippen molar-refractivity contribution in [3.8, 4) is 0 Å². The van der Waals surface area contributed by atoms with Gasteiger partial charge in [-0.25, -0.2) is 4.90 Å². The van der Waals surface area contributed by atoms with Gasteiger partial charge >= 0.3 is 0 Å². The van der Waals surface area contributed by atoms with Crippen molar-refractivity contribution in [2.45, 2.75) is 25.7 Å². The Morgan fingerprint density at radius 1 is 0.962 bits per heavy atom. The Morgan fingerprint density at radius 2 is 1.69 bits per heavy atom. The summed E-state index contributed by atoms with van der Waals surface area (Å²) in [5.41, 5.74) is 3.01. The average molecular weight is 410 g/mol. The van der Waals surface area contributed by atoms with E-state index in [-0.39, 0.29) is 23.7 Å². The second-order valence-electron chi connectivity index (χ2n) is 7.91. The Hall–Kier alpha value is -1.94. The standard InChI is InChI=1S/C22H20BrNO2/c1-12-9-15(23)7-8-18(12)24-21(25)19-14-10-16(13-5-3-2-4-6-13)17(11-14)20(19)22(24)26/h2-9,14,16-17,19-20H,10-11H2,1H3/t14-,16+,17+,19+,20+/m0/s1. The van der Waals surface area contributed by atoms with E-state index in [2.05, 4.69) is 40.2 Å². The minimum absolute atomic E-state index is 0.0125. The van der Waals surface area contributed by atoms with Gasteiger partial charge in [0, 0.05) is 4.47 Å². The second-order valence-corrected chi connectivity index (χ2v) is 8.82. The monoisotopic (exact) mass is 409 g/mol. The molecule has 132 valence electrons. The number of anilines is 1. The maximum Gasteiger partial charge on any atom is 0.238 e. The molecule has 2 bridgehead atoms. The molecule has 3 fully saturated rings. The summed E-state index contributed by atoms with van der Waals surface area (Å²) in [7, 11) is 0. The van der Waals surface area contributed by atoms with E-state index in [9.17, 15) is 9.59 Å². The van der Waals surface area contributed by atoms with E-state index in [1.165, 1.54) is 10.5 Å². The minimum Gasteiger partial charge on any atom is -0.274 e. The highest BCUT2D eigenvalue weighted by Crippen LogP contribution is 2.62. The van der Waals surface area contributed by atoms with Crippen LogP contribution in [0, 0.1) is 30.6 Å². The fraction of sp³-hybridized carbons (Fsp3) is 0.364. The van der Waals surface area contributed by atoms with E-state index < -0.39 is 0 Å². The molecule has 5 atom stereocenters. The van der Waals surface area contributed by atoms with Crippen LogP contribution in [0.2, 0.25) is 0 Å². The van der Waals surface area contributed by atoms with E-state index in [4.69, 9.17) is 0 Å². The van der Waals surface area contributed by atoms with Gasteiger partial charge in [-0.1, -0.05) is 46.3 Å². The van der Waals surface area contributed by atoms with Gasteiger partial charge in [0.25, 0.3) is 0 Å². The maximum atomic E-state index is 13.3. The number of amides is 2. The zero-order chi connectivity index (χ0) is 18.0. The van der Waals surface area contributed by atoms with Crippen molar-refractivity contribution in [1.82, 2.24) is 0 Å². The number of hydrogen-bond donors (Lipinski definition) is 0. The molecule has 3 aliphatic rings. The van der Waals surface area contributed by atoms with E-state index in [1.54, 1.807) is 0 Å². The number of rotatable bonds is 2. The van der Waals surface area contributed by atoms with E-state index in [0.29, 0.717) is 17.8 Å². The van der Waals surface area contributed by atoms with Crippen LogP contribution in [0.5, 0.6) is 0 Å². The normalized spacial score (nSPS) is 32.4. The van der Waals surface area contributed by atoms with Crippen LogP contribution in [0.3, 0.4) is 0 Å². The molecule has 2 aliphatic carbocycles. The molecule has 0 spiro atoms. The molecule has 2 saturated carbocycles. The molecule has 2 aromatic carbocycles. The van der Waals surface area contributed by atoms with Gasteiger partial charge in [0.05, 0.1) is 17.5 Å². The molecule has 5 rings (SSSR count). The lowest BCUT2D eigenvalue weighted by molar-refractivity contribution is -0.123. The molecule has 0 aromatic heterocycles. The summed E-state index contributed by atoms with van der Waals surface area (Å²) in [4.78, 5) is 27.9. The largest absolute Gasteiger partial charge is 0.274 e. The SMILES string of the molecule is Cc1cc(Br)ccc1N1C(=O)[C@@H]2[C@@H]3C[C@@H]([C@H]2C1=O)[C@@H](c1ccccc1)C3. The Kier molecular flexibility index (Phi) is 3.61. The topological polar surface area (TPSA) is 37.4 Å². The zero-order valence-electron chi connectivity index (χ0n) is 14.6. The quantitative estimate of drug-likeness (QED) is 0.674. The van der Waals surface area contributed by atoms with Crippen molar-refractivity contribution in [3.63, 3.8) is 0 Å². The smallest absolute Gasteiger partial charge is 0.238 e. The fourth-order valence-electron chi connectivity index (χ4n) is 5.65. The van der Waals surface area contributed by atoms with Crippen molar-refractivity contribution in [3.05, 3.63) is 64.1 Å². The van der Waals surface area contributed by atoms with Crippen molar-refractivity contribution in [1.29, 1.82) is 0 Å². The number of carbonyl (C=O) groups excluding carboxylic acids is 2. The molecule has 0 N–H and O–H groups in total. The van der Waals surface area contributed by atoms with Gasteiger partial charge < -0.3 is 0 Å². The molecular formula is C22H20BrNO2. The summed E-state index contributed by atoms with van der Waals surface area (Å²) in [6.07, 6.45) is 2.04. The molecule has 26 heavy (non-hydrogen) atoms. The summed E-state index contributed by atoms with van der Waals surface area (Å²) in [5, 5.41) is 0. The van der Waals surface area contributed by atoms with Crippen LogP contribution in [0.1, 0.15) is 29.9 Å². The van der Waals surface area contributed by atoms with Crippen LogP contribution in [0.4, 0.5) is 5.69 Å². The average Bonchev–Trinajstić information content (AvgIpc) is 3.29. The van der Waals surface area contributed by atoms with Crippen molar-refractivity contribution in [2.75, 3.05) is 4.90 Å². The molecule has 1 heterocycles. The van der Waals surface area contributed by atoms with Gasteiger partial charge in [-0.3, -0.25) is 9.59 Å². The van der Waals surface area contributed by atoms with Crippen LogP contribution in [0.25, 0.3) is 0 Å². The Morgan fingerprint density at radius 3 is 2.42 bits per heavy atom. The van der Waals surface area contributed by atoms with Gasteiger partial charge in [0.15, 0.2) is 0 Å².